The van der Waals surface area contributed by atoms with Gasteiger partial charge in [0.15, 0.2) is 0 Å². The van der Waals surface area contributed by atoms with Crippen LogP contribution in [0.4, 0.5) is 13.2 Å². The Morgan fingerprint density at radius 3 is 2.54 bits per heavy atom. The molecule has 1 saturated carbocycles. The fourth-order valence-corrected chi connectivity index (χ4v) is 5.95. The maximum Gasteiger partial charge on any atom is 0.416 e. The molecule has 1 aliphatic heterocycles. The van der Waals surface area contributed by atoms with Gasteiger partial charge in [-0.3, -0.25) is 9.59 Å². The molecule has 194 valence electrons. The molecule has 37 heavy (non-hydrogen) atoms. The van der Waals surface area contributed by atoms with Gasteiger partial charge in [-0.2, -0.15) is 13.2 Å². The fourth-order valence-electron chi connectivity index (χ4n) is 4.71. The monoisotopic (exact) mass is 527 g/mol. The SMILES string of the molecule is Cc1cccc(-c2sc(C3CC3)nc2C(=O)[C@@H](NC(=O)c2cccc(C(F)(F)F)c2)C2CCCCN2)c1. The normalized spacial score (nSPS) is 18.9. The molecule has 2 heterocycles. The first kappa shape index (κ1) is 25.6. The smallest absolute Gasteiger partial charge is 0.340 e. The summed E-state index contributed by atoms with van der Waals surface area (Å²) in [6.45, 7) is 2.68. The van der Waals surface area contributed by atoms with Crippen molar-refractivity contribution < 1.29 is 22.8 Å². The zero-order chi connectivity index (χ0) is 26.2. The number of rotatable bonds is 7. The van der Waals surface area contributed by atoms with Gasteiger partial charge in [0.2, 0.25) is 5.78 Å². The number of nitrogens with zero attached hydrogens (tertiary/aromatic N) is 1. The van der Waals surface area contributed by atoms with Crippen LogP contribution in [0.1, 0.15) is 75.0 Å². The van der Waals surface area contributed by atoms with E-state index in [1.54, 1.807) is 0 Å². The minimum Gasteiger partial charge on any atom is -0.340 e. The van der Waals surface area contributed by atoms with Gasteiger partial charge in [-0.1, -0.05) is 42.3 Å². The first-order chi connectivity index (χ1) is 17.7. The second kappa shape index (κ2) is 10.4. The number of nitrogens with one attached hydrogen (secondary N) is 2. The quantitative estimate of drug-likeness (QED) is 0.362. The molecule has 9 heteroatoms. The van der Waals surface area contributed by atoms with Crippen molar-refractivity contribution in [2.45, 2.75) is 63.2 Å². The van der Waals surface area contributed by atoms with Crippen LogP contribution < -0.4 is 10.6 Å². The largest absolute Gasteiger partial charge is 0.416 e. The highest BCUT2D eigenvalue weighted by atomic mass is 32.1. The number of carbonyl (C=O) groups is 2. The second-order valence-electron chi connectivity index (χ2n) is 9.82. The standard InChI is InChI=1S/C28H28F3N3O2S/c1-16-6-4-7-18(14-16)25-23(34-27(37-25)17-11-12-17)24(35)22(21-10-2-3-13-32-21)33-26(36)19-8-5-9-20(15-19)28(29,30)31/h4-9,14-15,17,21-22,32H,2-3,10-13H2,1H3,(H,33,36)/t21?,22-/m0/s1. The Morgan fingerprint density at radius 2 is 1.86 bits per heavy atom. The number of aromatic nitrogens is 1. The number of benzene rings is 2. The lowest BCUT2D eigenvalue weighted by molar-refractivity contribution is -0.137. The van der Waals surface area contributed by atoms with Gasteiger partial charge in [0.05, 0.1) is 15.4 Å². The van der Waals surface area contributed by atoms with Crippen LogP contribution in [0.3, 0.4) is 0 Å². The second-order valence-corrected chi connectivity index (χ2v) is 10.9. The van der Waals surface area contributed by atoms with Gasteiger partial charge in [-0.25, -0.2) is 4.98 Å². The Balaban J connectivity index is 1.50. The summed E-state index contributed by atoms with van der Waals surface area (Å²) in [6, 6.07) is 10.8. The number of hydrogen-bond donors (Lipinski definition) is 2. The average Bonchev–Trinajstić information content (AvgIpc) is 3.65. The molecule has 2 N–H and O–H groups in total. The molecular weight excluding hydrogens is 499 g/mol. The molecule has 5 rings (SSSR count). The molecule has 0 spiro atoms. The Kier molecular flexibility index (Phi) is 7.18. The predicted octanol–water partition coefficient (Wildman–Crippen LogP) is 6.14. The van der Waals surface area contributed by atoms with Crippen molar-refractivity contribution in [2.24, 2.45) is 0 Å². The molecule has 1 saturated heterocycles. The number of halogens is 3. The lowest BCUT2D eigenvalue weighted by Crippen LogP contribution is -2.55. The van der Waals surface area contributed by atoms with Gasteiger partial charge in [-0.15, -0.1) is 11.3 Å². The van der Waals surface area contributed by atoms with E-state index >= 15 is 0 Å². The number of carbonyl (C=O) groups excluding carboxylic acids is 2. The predicted molar refractivity (Wildman–Crippen MR) is 137 cm³/mol. The minimum atomic E-state index is -4.57. The Morgan fingerprint density at radius 1 is 1.08 bits per heavy atom. The van der Waals surface area contributed by atoms with E-state index in [-0.39, 0.29) is 17.4 Å². The van der Waals surface area contributed by atoms with Crippen molar-refractivity contribution in [1.82, 2.24) is 15.6 Å². The molecule has 1 unspecified atom stereocenters. The molecule has 1 aliphatic carbocycles. The highest BCUT2D eigenvalue weighted by Crippen LogP contribution is 2.45. The molecule has 2 aromatic carbocycles. The van der Waals surface area contributed by atoms with Crippen LogP contribution in [0.25, 0.3) is 10.4 Å². The third-order valence-electron chi connectivity index (χ3n) is 6.86. The van der Waals surface area contributed by atoms with Gasteiger partial charge in [0, 0.05) is 17.5 Å². The average molecular weight is 528 g/mol. The molecular formula is C28H28F3N3O2S. The van der Waals surface area contributed by atoms with Gasteiger partial charge in [0.25, 0.3) is 5.91 Å². The van der Waals surface area contributed by atoms with Gasteiger partial charge in [-0.05, 0) is 62.9 Å². The first-order valence-electron chi connectivity index (χ1n) is 12.5. The summed E-state index contributed by atoms with van der Waals surface area (Å²) in [5.41, 5.74) is 1.22. The molecule has 2 aliphatic rings. The van der Waals surface area contributed by atoms with Crippen LogP contribution >= 0.6 is 11.3 Å². The number of Topliss-reactive ketones (excluding diaryl/α,β-unsaturated/α-hetero) is 1. The van der Waals surface area contributed by atoms with Crippen LogP contribution in [0.15, 0.2) is 48.5 Å². The van der Waals surface area contributed by atoms with E-state index in [1.807, 2.05) is 31.2 Å². The van der Waals surface area contributed by atoms with Crippen molar-refractivity contribution >= 4 is 23.0 Å². The van der Waals surface area contributed by atoms with E-state index in [0.717, 1.165) is 58.8 Å². The summed E-state index contributed by atoms with van der Waals surface area (Å²) in [5, 5.41) is 7.02. The molecule has 1 aromatic heterocycles. The van der Waals surface area contributed by atoms with Crippen molar-refractivity contribution in [3.05, 3.63) is 75.9 Å². The van der Waals surface area contributed by atoms with Crippen LogP contribution in [-0.4, -0.2) is 35.3 Å². The molecule has 0 bridgehead atoms. The van der Waals surface area contributed by atoms with Crippen LogP contribution in [-0.2, 0) is 6.18 Å². The minimum absolute atomic E-state index is 0.140. The van der Waals surface area contributed by atoms with Gasteiger partial charge < -0.3 is 10.6 Å². The van der Waals surface area contributed by atoms with Crippen molar-refractivity contribution in [3.8, 4) is 10.4 Å². The first-order valence-corrected chi connectivity index (χ1v) is 13.4. The van der Waals surface area contributed by atoms with Crippen LogP contribution in [0, 0.1) is 6.92 Å². The lowest BCUT2D eigenvalue weighted by atomic mass is 9.92. The Hall–Kier alpha value is -3.04. The summed E-state index contributed by atoms with van der Waals surface area (Å²) < 4.78 is 39.7. The zero-order valence-corrected chi connectivity index (χ0v) is 21.2. The Labute approximate surface area is 217 Å². The van der Waals surface area contributed by atoms with E-state index in [2.05, 4.69) is 10.6 Å². The fraction of sp³-hybridized carbons (Fsp3) is 0.393. The van der Waals surface area contributed by atoms with Crippen molar-refractivity contribution in [3.63, 3.8) is 0 Å². The van der Waals surface area contributed by atoms with Gasteiger partial charge >= 0.3 is 6.18 Å². The summed E-state index contributed by atoms with van der Waals surface area (Å²) in [7, 11) is 0. The number of piperidine rings is 1. The number of ketones is 1. The molecule has 2 atom stereocenters. The summed E-state index contributed by atoms with van der Waals surface area (Å²) in [6.07, 6.45) is 0.00623. The Bertz CT molecular complexity index is 1310. The summed E-state index contributed by atoms with van der Waals surface area (Å²) in [4.78, 5) is 32.8. The topological polar surface area (TPSA) is 71.1 Å². The van der Waals surface area contributed by atoms with Crippen LogP contribution in [0.5, 0.6) is 0 Å². The number of alkyl halides is 3. The van der Waals surface area contributed by atoms with Crippen molar-refractivity contribution in [2.75, 3.05) is 6.54 Å². The van der Waals surface area contributed by atoms with E-state index in [0.29, 0.717) is 24.6 Å². The van der Waals surface area contributed by atoms with Crippen LogP contribution in [0.2, 0.25) is 0 Å². The van der Waals surface area contributed by atoms with E-state index in [9.17, 15) is 22.8 Å². The molecule has 2 fully saturated rings. The lowest BCUT2D eigenvalue weighted by Gasteiger charge is -2.31. The summed E-state index contributed by atoms with van der Waals surface area (Å²) >= 11 is 1.51. The number of thiazole rings is 1. The maximum absolute atomic E-state index is 14.1. The summed E-state index contributed by atoms with van der Waals surface area (Å²) in [5.74, 6) is -0.688. The molecule has 3 aromatic rings. The molecule has 1 amide bonds. The molecule has 0 radical (unpaired) electrons. The highest BCUT2D eigenvalue weighted by molar-refractivity contribution is 7.15. The number of amides is 1. The van der Waals surface area contributed by atoms with E-state index in [1.165, 1.54) is 23.5 Å². The van der Waals surface area contributed by atoms with E-state index in [4.69, 9.17) is 4.98 Å². The molecule has 5 nitrogen and oxygen atoms in total. The van der Waals surface area contributed by atoms with Crippen molar-refractivity contribution in [1.29, 1.82) is 0 Å². The highest BCUT2D eigenvalue weighted by Gasteiger charge is 2.37. The maximum atomic E-state index is 14.1. The third kappa shape index (κ3) is 5.78. The van der Waals surface area contributed by atoms with Gasteiger partial charge in [0.1, 0.15) is 11.7 Å². The third-order valence-corrected chi connectivity index (χ3v) is 8.12. The number of aryl methyl sites for hydroxylation is 1. The van der Waals surface area contributed by atoms with E-state index < -0.39 is 23.7 Å². The number of hydrogen-bond acceptors (Lipinski definition) is 5. The zero-order valence-electron chi connectivity index (χ0n) is 20.4.